The fourth-order valence-corrected chi connectivity index (χ4v) is 3.10. The lowest BCUT2D eigenvalue weighted by molar-refractivity contribution is 0.0689. The molecule has 8 heteroatoms. The Labute approximate surface area is 112 Å². The third-order valence-electron chi connectivity index (χ3n) is 2.38. The molecule has 2 rings (SSSR count). The predicted molar refractivity (Wildman–Crippen MR) is 65.4 cm³/mol. The molecule has 0 atom stereocenters. The van der Waals surface area contributed by atoms with E-state index in [9.17, 15) is 17.6 Å². The Morgan fingerprint density at radius 2 is 2.00 bits per heavy atom. The highest BCUT2D eigenvalue weighted by atomic mass is 35.5. The summed E-state index contributed by atoms with van der Waals surface area (Å²) < 4.78 is 38.0. The fraction of sp³-hybridized carbons (Fsp3) is 0. The van der Waals surface area contributed by atoms with Gasteiger partial charge in [-0.2, -0.15) is 0 Å². The molecule has 0 saturated carbocycles. The number of hydrogen-bond donors (Lipinski definition) is 1. The number of aromatic nitrogens is 1. The van der Waals surface area contributed by atoms with Crippen LogP contribution in [-0.2, 0) is 10.0 Å². The van der Waals surface area contributed by atoms with Crippen LogP contribution in [0.4, 0.5) is 4.39 Å². The second kappa shape index (κ2) is 4.67. The summed E-state index contributed by atoms with van der Waals surface area (Å²) in [4.78, 5) is 10.6. The first kappa shape index (κ1) is 13.6. The molecule has 19 heavy (non-hydrogen) atoms. The summed E-state index contributed by atoms with van der Waals surface area (Å²) >= 11 is 5.52. The third-order valence-corrected chi connectivity index (χ3v) is 4.36. The van der Waals surface area contributed by atoms with E-state index in [-0.39, 0.29) is 9.92 Å². The van der Waals surface area contributed by atoms with Crippen molar-refractivity contribution in [3.05, 3.63) is 53.1 Å². The second-order valence-corrected chi connectivity index (χ2v) is 5.80. The van der Waals surface area contributed by atoms with Gasteiger partial charge >= 0.3 is 5.97 Å². The summed E-state index contributed by atoms with van der Waals surface area (Å²) in [6, 6.07) is 5.27. The van der Waals surface area contributed by atoms with Gasteiger partial charge in [0.15, 0.2) is 0 Å². The van der Waals surface area contributed by atoms with Crippen molar-refractivity contribution in [3.8, 4) is 0 Å². The van der Waals surface area contributed by atoms with Gasteiger partial charge in [-0.25, -0.2) is 21.6 Å². The Balaban J connectivity index is 2.62. The molecule has 0 aliphatic heterocycles. The largest absolute Gasteiger partial charge is 0.477 e. The van der Waals surface area contributed by atoms with Gasteiger partial charge in [-0.15, -0.1) is 0 Å². The molecule has 0 spiro atoms. The predicted octanol–water partition coefficient (Wildman–Crippen LogP) is 2.22. The summed E-state index contributed by atoms with van der Waals surface area (Å²) in [6.45, 7) is 0. The molecule has 0 aliphatic rings. The number of benzene rings is 1. The number of hydrogen-bond acceptors (Lipinski definition) is 3. The van der Waals surface area contributed by atoms with E-state index in [1.807, 2.05) is 0 Å². The smallest absolute Gasteiger partial charge is 0.353 e. The maximum Gasteiger partial charge on any atom is 0.353 e. The number of carbonyl (C=O) groups is 1. The number of carboxylic acid groups (broad SMARTS) is 1. The van der Waals surface area contributed by atoms with Gasteiger partial charge in [-0.1, -0.05) is 11.6 Å². The normalized spacial score (nSPS) is 11.5. The molecule has 1 aromatic carbocycles. The van der Waals surface area contributed by atoms with E-state index in [1.54, 1.807) is 0 Å². The Hall–Kier alpha value is -1.86. The number of rotatable bonds is 3. The SMILES string of the molecule is O=C(O)c1cccn1S(=O)(=O)c1ccc(F)c(Cl)c1. The number of nitrogens with zero attached hydrogens (tertiary/aromatic N) is 1. The topological polar surface area (TPSA) is 76.4 Å². The van der Waals surface area contributed by atoms with Crippen molar-refractivity contribution in [1.82, 2.24) is 3.97 Å². The molecule has 1 aromatic heterocycles. The molecule has 0 amide bonds. The third kappa shape index (κ3) is 2.34. The quantitative estimate of drug-likeness (QED) is 0.943. The Morgan fingerprint density at radius 3 is 2.58 bits per heavy atom. The van der Waals surface area contributed by atoms with Crippen molar-refractivity contribution in [2.75, 3.05) is 0 Å². The Morgan fingerprint density at radius 1 is 1.32 bits per heavy atom. The van der Waals surface area contributed by atoms with Crippen LogP contribution in [0.2, 0.25) is 5.02 Å². The van der Waals surface area contributed by atoms with E-state index >= 15 is 0 Å². The molecule has 100 valence electrons. The number of aromatic carboxylic acids is 1. The van der Waals surface area contributed by atoms with E-state index in [4.69, 9.17) is 16.7 Å². The van der Waals surface area contributed by atoms with Crippen LogP contribution < -0.4 is 0 Å². The van der Waals surface area contributed by atoms with E-state index in [1.165, 1.54) is 6.07 Å². The van der Waals surface area contributed by atoms with Gasteiger partial charge in [0.25, 0.3) is 10.0 Å². The van der Waals surface area contributed by atoms with Gasteiger partial charge in [0.05, 0.1) is 9.92 Å². The van der Waals surface area contributed by atoms with Gasteiger partial charge in [-0.05, 0) is 30.3 Å². The van der Waals surface area contributed by atoms with Crippen molar-refractivity contribution in [3.63, 3.8) is 0 Å². The van der Waals surface area contributed by atoms with Gasteiger partial charge in [0.1, 0.15) is 11.5 Å². The molecule has 0 saturated heterocycles. The van der Waals surface area contributed by atoms with E-state index in [0.29, 0.717) is 3.97 Å². The van der Waals surface area contributed by atoms with Crippen LogP contribution in [0.5, 0.6) is 0 Å². The minimum Gasteiger partial charge on any atom is -0.477 e. The zero-order valence-corrected chi connectivity index (χ0v) is 10.8. The highest BCUT2D eigenvalue weighted by Gasteiger charge is 2.23. The summed E-state index contributed by atoms with van der Waals surface area (Å²) in [7, 11) is -4.13. The summed E-state index contributed by atoms with van der Waals surface area (Å²) in [5.41, 5.74) is -0.416. The first-order valence-electron chi connectivity index (χ1n) is 4.95. The summed E-state index contributed by atoms with van der Waals surface area (Å²) in [5.74, 6) is -2.15. The average Bonchev–Trinajstić information content (AvgIpc) is 2.82. The average molecular weight is 304 g/mol. The van der Waals surface area contributed by atoms with Crippen molar-refractivity contribution in [2.45, 2.75) is 4.90 Å². The first-order chi connectivity index (χ1) is 8.84. The lowest BCUT2D eigenvalue weighted by Gasteiger charge is -2.08. The van der Waals surface area contributed by atoms with Gasteiger partial charge in [0, 0.05) is 6.20 Å². The molecule has 0 aliphatic carbocycles. The van der Waals surface area contributed by atoms with Crippen LogP contribution in [0.3, 0.4) is 0 Å². The van der Waals surface area contributed by atoms with Crippen LogP contribution >= 0.6 is 11.6 Å². The van der Waals surface area contributed by atoms with Crippen LogP contribution in [0.1, 0.15) is 10.5 Å². The molecule has 0 unspecified atom stereocenters. The zero-order valence-electron chi connectivity index (χ0n) is 9.25. The fourth-order valence-electron chi connectivity index (χ4n) is 1.49. The van der Waals surface area contributed by atoms with Gasteiger partial charge < -0.3 is 5.11 Å². The van der Waals surface area contributed by atoms with E-state index < -0.39 is 27.5 Å². The summed E-state index contributed by atoms with van der Waals surface area (Å²) in [6.07, 6.45) is 1.09. The van der Waals surface area contributed by atoms with Crippen LogP contribution in [0.15, 0.2) is 41.4 Å². The van der Waals surface area contributed by atoms with Crippen LogP contribution in [-0.4, -0.2) is 23.5 Å². The Bertz CT molecular complexity index is 754. The maximum absolute atomic E-state index is 13.0. The molecule has 5 nitrogen and oxygen atoms in total. The maximum atomic E-state index is 13.0. The number of halogens is 2. The molecular weight excluding hydrogens is 297 g/mol. The molecule has 0 bridgehead atoms. The highest BCUT2D eigenvalue weighted by molar-refractivity contribution is 7.90. The zero-order chi connectivity index (χ0) is 14.2. The number of carboxylic acids is 1. The van der Waals surface area contributed by atoms with Gasteiger partial charge in [-0.3, -0.25) is 0 Å². The standard InChI is InChI=1S/C11H7ClFNO4S/c12-8-6-7(3-4-9(8)13)19(17,18)14-5-1-2-10(14)11(15)16/h1-6H,(H,15,16). The van der Waals surface area contributed by atoms with Crippen LogP contribution in [0.25, 0.3) is 0 Å². The highest BCUT2D eigenvalue weighted by Crippen LogP contribution is 2.22. The lowest BCUT2D eigenvalue weighted by atomic mass is 10.3. The second-order valence-electron chi connectivity index (χ2n) is 3.58. The molecular formula is C11H7ClFNO4S. The van der Waals surface area contributed by atoms with Crippen LogP contribution in [0, 0.1) is 5.82 Å². The molecule has 0 fully saturated rings. The minimum atomic E-state index is -4.13. The first-order valence-corrected chi connectivity index (χ1v) is 6.77. The minimum absolute atomic E-state index is 0.294. The monoisotopic (exact) mass is 303 g/mol. The Kier molecular flexibility index (Phi) is 3.34. The van der Waals surface area contributed by atoms with Crippen molar-refractivity contribution >= 4 is 27.6 Å². The van der Waals surface area contributed by atoms with Crippen molar-refractivity contribution < 1.29 is 22.7 Å². The summed E-state index contributed by atoms with van der Waals surface area (Å²) in [5, 5.41) is 8.54. The van der Waals surface area contributed by atoms with Crippen molar-refractivity contribution in [1.29, 1.82) is 0 Å². The molecule has 1 N–H and O–H groups in total. The van der Waals surface area contributed by atoms with Crippen molar-refractivity contribution in [2.24, 2.45) is 0 Å². The van der Waals surface area contributed by atoms with E-state index in [2.05, 4.69) is 0 Å². The van der Waals surface area contributed by atoms with Gasteiger partial charge in [0.2, 0.25) is 0 Å². The molecule has 0 radical (unpaired) electrons. The lowest BCUT2D eigenvalue weighted by Crippen LogP contribution is -2.17. The van der Waals surface area contributed by atoms with E-state index in [0.717, 1.165) is 30.5 Å². The molecule has 2 aromatic rings. The molecule has 1 heterocycles.